The van der Waals surface area contributed by atoms with Crippen LogP contribution >= 0.6 is 0 Å². The largest absolute Gasteiger partial charge is 0.329 e. The molecule has 0 fully saturated rings. The lowest BCUT2D eigenvalue weighted by atomic mass is 10.0. The third kappa shape index (κ3) is 5.18. The van der Waals surface area contributed by atoms with Crippen molar-refractivity contribution in [2.45, 2.75) is 40.2 Å². The van der Waals surface area contributed by atoms with E-state index in [-0.39, 0.29) is 18.4 Å². The quantitative estimate of drug-likeness (QED) is 0.835. The van der Waals surface area contributed by atoms with Crippen LogP contribution in [-0.4, -0.2) is 23.3 Å². The minimum absolute atomic E-state index is 0.0471. The summed E-state index contributed by atoms with van der Waals surface area (Å²) in [7, 11) is 0. The molecule has 0 atom stereocenters. The van der Waals surface area contributed by atoms with Crippen LogP contribution in [0.5, 0.6) is 0 Å². The molecule has 2 rings (SSSR count). The molecule has 2 amide bonds. The number of carbonyl (C=O) groups is 2. The Morgan fingerprint density at radius 1 is 0.920 bits per heavy atom. The van der Waals surface area contributed by atoms with Crippen molar-refractivity contribution in [1.82, 2.24) is 4.90 Å². The van der Waals surface area contributed by atoms with E-state index in [4.69, 9.17) is 0 Å². The molecule has 0 aliphatic rings. The average molecular weight is 338 g/mol. The molecule has 0 aliphatic carbocycles. The predicted molar refractivity (Wildman–Crippen MR) is 101 cm³/mol. The van der Waals surface area contributed by atoms with E-state index in [9.17, 15) is 9.59 Å². The second-order valence-corrected chi connectivity index (χ2v) is 6.07. The fourth-order valence-electron chi connectivity index (χ4n) is 2.84. The molecule has 0 aromatic heterocycles. The van der Waals surface area contributed by atoms with Crippen molar-refractivity contribution < 1.29 is 9.59 Å². The smallest absolute Gasteiger partial charge is 0.244 e. The standard InChI is InChI=1S/C21H26N2O2/c1-4-18-12-9-13-19(5-2)21(18)22-20(25)15-23(16(3)24)14-17-10-7-6-8-11-17/h6-13H,4-5,14-15H2,1-3H3,(H,22,25). The molecular weight excluding hydrogens is 312 g/mol. The lowest BCUT2D eigenvalue weighted by Crippen LogP contribution is -2.36. The molecule has 0 spiro atoms. The van der Waals surface area contributed by atoms with Gasteiger partial charge in [0.25, 0.3) is 0 Å². The molecule has 0 saturated carbocycles. The van der Waals surface area contributed by atoms with Gasteiger partial charge in [0.15, 0.2) is 0 Å². The van der Waals surface area contributed by atoms with Crippen LogP contribution in [0, 0.1) is 0 Å². The molecule has 132 valence electrons. The molecule has 2 aromatic rings. The highest BCUT2D eigenvalue weighted by Crippen LogP contribution is 2.22. The summed E-state index contributed by atoms with van der Waals surface area (Å²) in [4.78, 5) is 26.0. The van der Waals surface area contributed by atoms with Crippen LogP contribution in [-0.2, 0) is 29.0 Å². The normalized spacial score (nSPS) is 10.4. The van der Waals surface area contributed by atoms with Crippen molar-refractivity contribution in [2.24, 2.45) is 0 Å². The van der Waals surface area contributed by atoms with Gasteiger partial charge in [-0.2, -0.15) is 0 Å². The zero-order valence-electron chi connectivity index (χ0n) is 15.2. The van der Waals surface area contributed by atoms with Crippen molar-refractivity contribution in [3.8, 4) is 0 Å². The summed E-state index contributed by atoms with van der Waals surface area (Å²) in [5, 5.41) is 3.02. The highest BCUT2D eigenvalue weighted by Gasteiger charge is 2.16. The van der Waals surface area contributed by atoms with Crippen LogP contribution in [0.15, 0.2) is 48.5 Å². The Hall–Kier alpha value is -2.62. The summed E-state index contributed by atoms with van der Waals surface area (Å²) in [5.41, 5.74) is 4.13. The number of anilines is 1. The Balaban J connectivity index is 2.11. The van der Waals surface area contributed by atoms with Gasteiger partial charge < -0.3 is 10.2 Å². The maximum absolute atomic E-state index is 12.5. The maximum atomic E-state index is 12.5. The van der Waals surface area contributed by atoms with Gasteiger partial charge in [-0.3, -0.25) is 9.59 Å². The van der Waals surface area contributed by atoms with Crippen molar-refractivity contribution in [3.63, 3.8) is 0 Å². The Morgan fingerprint density at radius 2 is 1.52 bits per heavy atom. The molecular formula is C21H26N2O2. The molecule has 4 heteroatoms. The Morgan fingerprint density at radius 3 is 2.04 bits per heavy atom. The van der Waals surface area contributed by atoms with E-state index in [0.29, 0.717) is 6.54 Å². The van der Waals surface area contributed by atoms with Gasteiger partial charge in [-0.15, -0.1) is 0 Å². The van der Waals surface area contributed by atoms with E-state index in [1.54, 1.807) is 4.90 Å². The number of benzene rings is 2. The fraction of sp³-hybridized carbons (Fsp3) is 0.333. The summed E-state index contributed by atoms with van der Waals surface area (Å²) in [6, 6.07) is 15.8. The molecule has 0 heterocycles. The minimum atomic E-state index is -0.165. The monoisotopic (exact) mass is 338 g/mol. The van der Waals surface area contributed by atoms with Gasteiger partial charge >= 0.3 is 0 Å². The molecule has 1 N–H and O–H groups in total. The van der Waals surface area contributed by atoms with Crippen molar-refractivity contribution >= 4 is 17.5 Å². The first-order valence-electron chi connectivity index (χ1n) is 8.75. The van der Waals surface area contributed by atoms with Crippen LogP contribution in [0.1, 0.15) is 37.5 Å². The lowest BCUT2D eigenvalue weighted by molar-refractivity contribution is -0.133. The van der Waals surface area contributed by atoms with Crippen LogP contribution < -0.4 is 5.32 Å². The average Bonchev–Trinajstić information content (AvgIpc) is 2.62. The van der Waals surface area contributed by atoms with E-state index in [0.717, 1.165) is 35.2 Å². The first kappa shape index (κ1) is 18.7. The summed E-state index contributed by atoms with van der Waals surface area (Å²) in [6.07, 6.45) is 1.70. The minimum Gasteiger partial charge on any atom is -0.329 e. The van der Waals surface area contributed by atoms with Gasteiger partial charge in [-0.25, -0.2) is 0 Å². The summed E-state index contributed by atoms with van der Waals surface area (Å²) in [5.74, 6) is -0.278. The summed E-state index contributed by atoms with van der Waals surface area (Å²) >= 11 is 0. The number of rotatable bonds is 7. The van der Waals surface area contributed by atoms with Gasteiger partial charge in [0.1, 0.15) is 6.54 Å². The number of aryl methyl sites for hydroxylation is 2. The zero-order chi connectivity index (χ0) is 18.2. The number of carbonyl (C=O) groups excluding carboxylic acids is 2. The number of hydrogen-bond acceptors (Lipinski definition) is 2. The molecule has 4 nitrogen and oxygen atoms in total. The van der Waals surface area contributed by atoms with E-state index in [1.165, 1.54) is 6.92 Å². The van der Waals surface area contributed by atoms with Crippen LogP contribution in [0.2, 0.25) is 0 Å². The molecule has 0 aliphatic heterocycles. The second kappa shape index (κ2) is 9.02. The summed E-state index contributed by atoms with van der Waals surface area (Å²) in [6.45, 7) is 6.11. The Kier molecular flexibility index (Phi) is 6.75. The van der Waals surface area contributed by atoms with Crippen LogP contribution in [0.25, 0.3) is 0 Å². The molecule has 0 radical (unpaired) electrons. The zero-order valence-corrected chi connectivity index (χ0v) is 15.2. The van der Waals surface area contributed by atoms with Gasteiger partial charge in [0.2, 0.25) is 11.8 Å². The van der Waals surface area contributed by atoms with Crippen LogP contribution in [0.4, 0.5) is 5.69 Å². The van der Waals surface area contributed by atoms with Gasteiger partial charge in [0.05, 0.1) is 0 Å². The highest BCUT2D eigenvalue weighted by atomic mass is 16.2. The van der Waals surface area contributed by atoms with E-state index in [1.807, 2.05) is 48.5 Å². The maximum Gasteiger partial charge on any atom is 0.244 e. The predicted octanol–water partition coefficient (Wildman–Crippen LogP) is 3.80. The Bertz CT molecular complexity index is 704. The molecule has 0 bridgehead atoms. The number of nitrogens with one attached hydrogen (secondary N) is 1. The topological polar surface area (TPSA) is 49.4 Å². The lowest BCUT2D eigenvalue weighted by Gasteiger charge is -2.22. The first-order chi connectivity index (χ1) is 12.0. The number of para-hydroxylation sites is 1. The van der Waals surface area contributed by atoms with E-state index >= 15 is 0 Å². The van der Waals surface area contributed by atoms with E-state index in [2.05, 4.69) is 19.2 Å². The Labute approximate surface area is 149 Å². The van der Waals surface area contributed by atoms with Crippen molar-refractivity contribution in [2.75, 3.05) is 11.9 Å². The third-order valence-electron chi connectivity index (χ3n) is 4.26. The van der Waals surface area contributed by atoms with Crippen molar-refractivity contribution in [1.29, 1.82) is 0 Å². The molecule has 0 unspecified atom stereocenters. The fourth-order valence-corrected chi connectivity index (χ4v) is 2.84. The highest BCUT2D eigenvalue weighted by molar-refractivity contribution is 5.95. The third-order valence-corrected chi connectivity index (χ3v) is 4.26. The first-order valence-corrected chi connectivity index (χ1v) is 8.75. The van der Waals surface area contributed by atoms with Gasteiger partial charge in [-0.1, -0.05) is 62.4 Å². The number of hydrogen-bond donors (Lipinski definition) is 1. The molecule has 2 aromatic carbocycles. The van der Waals surface area contributed by atoms with Crippen LogP contribution in [0.3, 0.4) is 0 Å². The number of amides is 2. The molecule has 0 saturated heterocycles. The second-order valence-electron chi connectivity index (χ2n) is 6.07. The number of nitrogens with zero attached hydrogens (tertiary/aromatic N) is 1. The van der Waals surface area contributed by atoms with E-state index < -0.39 is 0 Å². The van der Waals surface area contributed by atoms with Crippen molar-refractivity contribution in [3.05, 3.63) is 65.2 Å². The van der Waals surface area contributed by atoms with Gasteiger partial charge in [0, 0.05) is 19.2 Å². The molecule has 25 heavy (non-hydrogen) atoms. The summed E-state index contributed by atoms with van der Waals surface area (Å²) < 4.78 is 0. The SMILES string of the molecule is CCc1cccc(CC)c1NC(=O)CN(Cc1ccccc1)C(C)=O. The van der Waals surface area contributed by atoms with Gasteiger partial charge in [-0.05, 0) is 29.5 Å².